The zero-order valence-electron chi connectivity index (χ0n) is 9.89. The van der Waals surface area contributed by atoms with Gasteiger partial charge in [0.2, 0.25) is 0 Å². The molecule has 0 unspecified atom stereocenters. The number of rotatable bonds is 2. The molecule has 2 fully saturated rings. The van der Waals surface area contributed by atoms with Gasteiger partial charge < -0.3 is 4.57 Å². The zero-order chi connectivity index (χ0) is 10.0. The molecule has 2 heteroatoms. The minimum absolute atomic E-state index is 0.944. The highest BCUT2D eigenvalue weighted by atomic mass is 28.3. The molecule has 1 aliphatic heterocycles. The summed E-state index contributed by atoms with van der Waals surface area (Å²) in [6.45, 7) is 2.62. The maximum absolute atomic E-state index is 2.86. The fourth-order valence-electron chi connectivity index (χ4n) is 3.40. The summed E-state index contributed by atoms with van der Waals surface area (Å²) >= 11 is 0. The van der Waals surface area contributed by atoms with Crippen molar-refractivity contribution in [3.8, 4) is 0 Å². The second-order valence-electron chi connectivity index (χ2n) is 5.61. The smallest absolute Gasteiger partial charge is 0.125 e. The number of nitrogens with zero attached hydrogens (tertiary/aromatic N) is 1. The van der Waals surface area contributed by atoms with Crippen molar-refractivity contribution in [2.45, 2.75) is 69.6 Å². The van der Waals surface area contributed by atoms with Crippen LogP contribution in [0.5, 0.6) is 0 Å². The molecule has 82 valence electrons. The molecular formula is C12H25NSi. The summed E-state index contributed by atoms with van der Waals surface area (Å²) in [7, 11) is 1.49. The lowest BCUT2D eigenvalue weighted by Gasteiger charge is -2.41. The van der Waals surface area contributed by atoms with Crippen molar-refractivity contribution in [2.75, 3.05) is 7.05 Å². The van der Waals surface area contributed by atoms with Crippen LogP contribution in [0.15, 0.2) is 0 Å². The lowest BCUT2D eigenvalue weighted by molar-refractivity contribution is 0.279. The molecular weight excluding hydrogens is 186 g/mol. The summed E-state index contributed by atoms with van der Waals surface area (Å²) in [6.07, 6.45) is 10.5. The molecule has 2 aliphatic rings. The van der Waals surface area contributed by atoms with Gasteiger partial charge in [-0.15, -0.1) is 0 Å². The molecule has 0 aromatic rings. The van der Waals surface area contributed by atoms with Gasteiger partial charge >= 0.3 is 0 Å². The summed E-state index contributed by atoms with van der Waals surface area (Å²) in [4.78, 5) is 0. The first kappa shape index (κ1) is 10.7. The van der Waals surface area contributed by atoms with E-state index < -0.39 is 8.24 Å². The van der Waals surface area contributed by atoms with E-state index >= 15 is 0 Å². The first-order valence-electron chi connectivity index (χ1n) is 6.45. The maximum Gasteiger partial charge on any atom is 0.125 e. The van der Waals surface area contributed by atoms with Gasteiger partial charge in [-0.05, 0) is 32.0 Å². The normalized spacial score (nSPS) is 28.5. The molecule has 0 radical (unpaired) electrons. The van der Waals surface area contributed by atoms with Crippen molar-refractivity contribution >= 4 is 8.24 Å². The van der Waals surface area contributed by atoms with Gasteiger partial charge in [0.05, 0.1) is 0 Å². The van der Waals surface area contributed by atoms with Gasteiger partial charge in [-0.1, -0.05) is 38.7 Å². The molecule has 0 aromatic carbocycles. The van der Waals surface area contributed by atoms with Gasteiger partial charge in [0.1, 0.15) is 8.24 Å². The van der Waals surface area contributed by atoms with Gasteiger partial charge in [0, 0.05) is 6.04 Å². The van der Waals surface area contributed by atoms with Gasteiger partial charge in [-0.25, -0.2) is 0 Å². The molecule has 1 aliphatic carbocycles. The molecule has 2 rings (SSSR count). The molecule has 0 N–H and O–H groups in total. The Kier molecular flexibility index (Phi) is 3.33. The third-order valence-electron chi connectivity index (χ3n) is 4.65. The van der Waals surface area contributed by atoms with E-state index in [1.807, 2.05) is 0 Å². The molecule has 1 heterocycles. The summed E-state index contributed by atoms with van der Waals surface area (Å²) in [5.41, 5.74) is 0. The summed E-state index contributed by atoms with van der Waals surface area (Å²) < 4.78 is 2.86. The van der Waals surface area contributed by atoms with E-state index in [-0.39, 0.29) is 0 Å². The van der Waals surface area contributed by atoms with Crippen LogP contribution in [0, 0.1) is 0 Å². The molecule has 0 bridgehead atoms. The van der Waals surface area contributed by atoms with Crippen LogP contribution in [-0.2, 0) is 0 Å². The Labute approximate surface area is 90.0 Å². The number of hydrogen-bond acceptors (Lipinski definition) is 1. The Morgan fingerprint density at radius 3 is 2.07 bits per heavy atom. The maximum atomic E-state index is 2.86. The lowest BCUT2D eigenvalue weighted by Crippen LogP contribution is -2.52. The third-order valence-corrected chi connectivity index (χ3v) is 9.58. The molecule has 0 atom stereocenters. The highest BCUT2D eigenvalue weighted by molar-refractivity contribution is 6.76. The van der Waals surface area contributed by atoms with E-state index in [9.17, 15) is 0 Å². The fourth-order valence-corrected chi connectivity index (χ4v) is 7.52. The average Bonchev–Trinajstić information content (AvgIpc) is 2.67. The van der Waals surface area contributed by atoms with Crippen LogP contribution in [0.2, 0.25) is 18.6 Å². The van der Waals surface area contributed by atoms with Crippen molar-refractivity contribution in [1.82, 2.24) is 4.57 Å². The largest absolute Gasteiger partial charge is 0.323 e. The molecule has 0 aromatic heterocycles. The summed E-state index contributed by atoms with van der Waals surface area (Å²) in [6, 6.07) is 4.10. The molecule has 1 saturated heterocycles. The van der Waals surface area contributed by atoms with E-state index in [1.165, 1.54) is 44.9 Å². The minimum Gasteiger partial charge on any atom is -0.323 e. The fraction of sp³-hybridized carbons (Fsp3) is 1.00. The summed E-state index contributed by atoms with van der Waals surface area (Å²) in [5.74, 6) is 0. The Hall–Kier alpha value is 0.177. The van der Waals surface area contributed by atoms with Crippen LogP contribution in [0.1, 0.15) is 44.9 Å². The van der Waals surface area contributed by atoms with E-state index in [0.717, 1.165) is 6.04 Å². The second-order valence-corrected chi connectivity index (χ2v) is 10.3. The second kappa shape index (κ2) is 4.36. The zero-order valence-corrected chi connectivity index (χ0v) is 10.9. The van der Waals surface area contributed by atoms with Gasteiger partial charge in [0.25, 0.3) is 0 Å². The molecule has 0 amide bonds. The lowest BCUT2D eigenvalue weighted by atomic mass is 9.96. The van der Waals surface area contributed by atoms with E-state index in [4.69, 9.17) is 0 Å². The van der Waals surface area contributed by atoms with Crippen molar-refractivity contribution < 1.29 is 0 Å². The van der Waals surface area contributed by atoms with E-state index in [1.54, 1.807) is 12.1 Å². The molecule has 0 spiro atoms. The highest BCUT2D eigenvalue weighted by Crippen LogP contribution is 2.35. The quantitative estimate of drug-likeness (QED) is 0.631. The third kappa shape index (κ3) is 2.06. The first-order chi connectivity index (χ1) is 6.72. The van der Waals surface area contributed by atoms with Crippen LogP contribution in [0.25, 0.3) is 0 Å². The Bertz CT molecular complexity index is 181. The highest BCUT2D eigenvalue weighted by Gasteiger charge is 2.38. The average molecular weight is 211 g/mol. The Balaban J connectivity index is 1.95. The SMILES string of the molecule is CN(C1CCCCC1)[Si]1(C)CCCC1. The van der Waals surface area contributed by atoms with Crippen LogP contribution in [-0.4, -0.2) is 25.9 Å². The van der Waals surface area contributed by atoms with Gasteiger partial charge in [-0.3, -0.25) is 0 Å². The van der Waals surface area contributed by atoms with Crippen molar-refractivity contribution in [3.63, 3.8) is 0 Å². The van der Waals surface area contributed by atoms with Crippen molar-refractivity contribution in [2.24, 2.45) is 0 Å². The van der Waals surface area contributed by atoms with Crippen LogP contribution < -0.4 is 0 Å². The molecule has 14 heavy (non-hydrogen) atoms. The van der Waals surface area contributed by atoms with Gasteiger partial charge in [0.15, 0.2) is 0 Å². The van der Waals surface area contributed by atoms with Crippen LogP contribution >= 0.6 is 0 Å². The molecule has 1 saturated carbocycles. The first-order valence-corrected chi connectivity index (χ1v) is 9.31. The number of hydrogen-bond donors (Lipinski definition) is 0. The summed E-state index contributed by atoms with van der Waals surface area (Å²) in [5, 5.41) is 0. The Morgan fingerprint density at radius 1 is 0.929 bits per heavy atom. The van der Waals surface area contributed by atoms with Crippen LogP contribution in [0.4, 0.5) is 0 Å². The van der Waals surface area contributed by atoms with E-state index in [0.29, 0.717) is 0 Å². The van der Waals surface area contributed by atoms with Gasteiger partial charge in [-0.2, -0.15) is 0 Å². The topological polar surface area (TPSA) is 3.24 Å². The molecule has 1 nitrogen and oxygen atoms in total. The predicted molar refractivity (Wildman–Crippen MR) is 65.1 cm³/mol. The van der Waals surface area contributed by atoms with Crippen LogP contribution in [0.3, 0.4) is 0 Å². The van der Waals surface area contributed by atoms with Crippen molar-refractivity contribution in [1.29, 1.82) is 0 Å². The Morgan fingerprint density at radius 2 is 1.50 bits per heavy atom. The minimum atomic E-state index is -0.944. The monoisotopic (exact) mass is 211 g/mol. The van der Waals surface area contributed by atoms with Crippen molar-refractivity contribution in [3.05, 3.63) is 0 Å². The standard InChI is InChI=1S/C12H25NSi/c1-13(12-8-4-3-5-9-12)14(2)10-6-7-11-14/h12H,3-11H2,1-2H3. The van der Waals surface area contributed by atoms with E-state index in [2.05, 4.69) is 18.2 Å². The predicted octanol–water partition coefficient (Wildman–Crippen LogP) is 3.62.